The molecular formula is C7H2BrClF4O. The Morgan fingerprint density at radius 3 is 2.36 bits per heavy atom. The summed E-state index contributed by atoms with van der Waals surface area (Å²) in [4.78, 5) is 0. The molecule has 1 aromatic rings. The standard InChI is InChI=1S/C7H2BrClF4O/c8-5-3(10)1-2-4(6(5)9)14-7(11,12)13/h1-2H. The van der Waals surface area contributed by atoms with Gasteiger partial charge < -0.3 is 4.74 Å². The number of halogens is 6. The zero-order valence-corrected chi connectivity index (χ0v) is 8.67. The van der Waals surface area contributed by atoms with Crippen molar-refractivity contribution in [1.29, 1.82) is 0 Å². The van der Waals surface area contributed by atoms with Crippen LogP contribution in [0, 0.1) is 5.82 Å². The van der Waals surface area contributed by atoms with Crippen LogP contribution in [0.3, 0.4) is 0 Å². The molecule has 0 bridgehead atoms. The van der Waals surface area contributed by atoms with E-state index in [1.54, 1.807) is 0 Å². The molecule has 78 valence electrons. The van der Waals surface area contributed by atoms with Gasteiger partial charge in [-0.15, -0.1) is 13.2 Å². The molecule has 0 N–H and O–H groups in total. The van der Waals surface area contributed by atoms with Gasteiger partial charge in [-0.2, -0.15) is 0 Å². The zero-order valence-electron chi connectivity index (χ0n) is 6.33. The fourth-order valence-electron chi connectivity index (χ4n) is 0.712. The first kappa shape index (κ1) is 11.6. The normalized spacial score (nSPS) is 11.6. The molecule has 0 aliphatic heterocycles. The fraction of sp³-hybridized carbons (Fsp3) is 0.143. The molecule has 0 aliphatic rings. The Morgan fingerprint density at radius 1 is 1.29 bits per heavy atom. The molecule has 0 unspecified atom stereocenters. The Bertz CT molecular complexity index is 352. The summed E-state index contributed by atoms with van der Waals surface area (Å²) in [6, 6.07) is 1.62. The highest BCUT2D eigenvalue weighted by Gasteiger charge is 2.32. The number of hydrogen-bond acceptors (Lipinski definition) is 1. The summed E-state index contributed by atoms with van der Waals surface area (Å²) in [5.74, 6) is -1.41. The van der Waals surface area contributed by atoms with Crippen molar-refractivity contribution in [2.24, 2.45) is 0 Å². The first-order valence-electron chi connectivity index (χ1n) is 3.20. The lowest BCUT2D eigenvalue weighted by Gasteiger charge is -2.10. The van der Waals surface area contributed by atoms with Crippen LogP contribution in [0.1, 0.15) is 0 Å². The molecule has 0 fully saturated rings. The van der Waals surface area contributed by atoms with Crippen molar-refractivity contribution in [2.45, 2.75) is 6.36 Å². The lowest BCUT2D eigenvalue weighted by atomic mass is 10.3. The van der Waals surface area contributed by atoms with Crippen LogP contribution in [0.2, 0.25) is 5.02 Å². The summed E-state index contributed by atoms with van der Waals surface area (Å²) in [6.07, 6.45) is -4.85. The maximum absolute atomic E-state index is 12.7. The molecule has 1 nitrogen and oxygen atoms in total. The van der Waals surface area contributed by atoms with Crippen molar-refractivity contribution in [1.82, 2.24) is 0 Å². The molecule has 0 aliphatic carbocycles. The van der Waals surface area contributed by atoms with E-state index in [0.717, 1.165) is 12.1 Å². The molecule has 0 atom stereocenters. The van der Waals surface area contributed by atoms with Gasteiger partial charge in [-0.3, -0.25) is 0 Å². The first-order valence-corrected chi connectivity index (χ1v) is 4.37. The average Bonchev–Trinajstić information content (AvgIpc) is 2.04. The highest BCUT2D eigenvalue weighted by Crippen LogP contribution is 2.36. The van der Waals surface area contributed by atoms with E-state index >= 15 is 0 Å². The van der Waals surface area contributed by atoms with Gasteiger partial charge in [0.05, 0.1) is 4.47 Å². The molecule has 0 saturated carbocycles. The Morgan fingerprint density at radius 2 is 1.86 bits per heavy atom. The van der Waals surface area contributed by atoms with Crippen LogP contribution in [0.25, 0.3) is 0 Å². The minimum absolute atomic E-state index is 0.263. The lowest BCUT2D eigenvalue weighted by Crippen LogP contribution is -2.17. The van der Waals surface area contributed by atoms with Gasteiger partial charge in [-0.05, 0) is 28.1 Å². The predicted octanol–water partition coefficient (Wildman–Crippen LogP) is 4.14. The predicted molar refractivity (Wildman–Crippen MR) is 45.8 cm³/mol. The Hall–Kier alpha value is -0.490. The van der Waals surface area contributed by atoms with E-state index in [2.05, 4.69) is 20.7 Å². The van der Waals surface area contributed by atoms with Crippen molar-refractivity contribution < 1.29 is 22.3 Å². The van der Waals surface area contributed by atoms with E-state index in [-0.39, 0.29) is 4.47 Å². The summed E-state index contributed by atoms with van der Waals surface area (Å²) >= 11 is 8.08. The molecule has 0 heterocycles. The number of hydrogen-bond donors (Lipinski definition) is 0. The van der Waals surface area contributed by atoms with E-state index in [0.29, 0.717) is 0 Å². The summed E-state index contributed by atoms with van der Waals surface area (Å²) in [5.41, 5.74) is 0. The highest BCUT2D eigenvalue weighted by atomic mass is 79.9. The van der Waals surface area contributed by atoms with Crippen LogP contribution in [0.5, 0.6) is 5.75 Å². The second-order valence-electron chi connectivity index (χ2n) is 2.22. The molecule has 0 radical (unpaired) electrons. The van der Waals surface area contributed by atoms with Gasteiger partial charge in [0.25, 0.3) is 0 Å². The van der Waals surface area contributed by atoms with E-state index in [1.807, 2.05) is 0 Å². The smallest absolute Gasteiger partial charge is 0.404 e. The number of ether oxygens (including phenoxy) is 1. The van der Waals surface area contributed by atoms with Gasteiger partial charge in [0.2, 0.25) is 0 Å². The minimum atomic E-state index is -4.85. The molecule has 1 rings (SSSR count). The monoisotopic (exact) mass is 292 g/mol. The van der Waals surface area contributed by atoms with Crippen LogP contribution in [-0.4, -0.2) is 6.36 Å². The molecule has 0 spiro atoms. The second-order valence-corrected chi connectivity index (χ2v) is 3.39. The molecule has 7 heteroatoms. The van der Waals surface area contributed by atoms with Crippen LogP contribution in [0.4, 0.5) is 17.6 Å². The van der Waals surface area contributed by atoms with Gasteiger partial charge in [0.1, 0.15) is 16.6 Å². The third-order valence-corrected chi connectivity index (χ3v) is 2.60. The van der Waals surface area contributed by atoms with E-state index in [4.69, 9.17) is 11.6 Å². The summed E-state index contributed by atoms with van der Waals surface area (Å²) < 4.78 is 51.3. The van der Waals surface area contributed by atoms with Gasteiger partial charge in [0.15, 0.2) is 0 Å². The third kappa shape index (κ3) is 2.75. The Labute approximate surface area is 89.7 Å². The molecule has 14 heavy (non-hydrogen) atoms. The molecule has 0 saturated heterocycles. The Balaban J connectivity index is 3.06. The van der Waals surface area contributed by atoms with E-state index in [9.17, 15) is 17.6 Å². The minimum Gasteiger partial charge on any atom is -0.404 e. The largest absolute Gasteiger partial charge is 0.573 e. The van der Waals surface area contributed by atoms with Gasteiger partial charge in [-0.25, -0.2) is 4.39 Å². The number of rotatable bonds is 1. The summed E-state index contributed by atoms with van der Waals surface area (Å²) in [6.45, 7) is 0. The molecule has 0 aromatic heterocycles. The average molecular weight is 293 g/mol. The van der Waals surface area contributed by atoms with E-state index < -0.39 is 23.0 Å². The van der Waals surface area contributed by atoms with Gasteiger partial charge >= 0.3 is 6.36 Å². The maximum Gasteiger partial charge on any atom is 0.573 e. The number of alkyl halides is 3. The van der Waals surface area contributed by atoms with Gasteiger partial charge in [0, 0.05) is 0 Å². The highest BCUT2D eigenvalue weighted by molar-refractivity contribution is 9.10. The van der Waals surface area contributed by atoms with Crippen molar-refractivity contribution in [3.05, 3.63) is 27.4 Å². The van der Waals surface area contributed by atoms with Gasteiger partial charge in [-0.1, -0.05) is 11.6 Å². The van der Waals surface area contributed by atoms with Crippen LogP contribution in [0.15, 0.2) is 16.6 Å². The third-order valence-electron chi connectivity index (χ3n) is 1.23. The topological polar surface area (TPSA) is 9.23 Å². The first-order chi connectivity index (χ1) is 6.31. The van der Waals surface area contributed by atoms with Crippen LogP contribution in [-0.2, 0) is 0 Å². The van der Waals surface area contributed by atoms with Crippen molar-refractivity contribution in [3.8, 4) is 5.75 Å². The Kier molecular flexibility index (Phi) is 3.26. The number of benzene rings is 1. The lowest BCUT2D eigenvalue weighted by molar-refractivity contribution is -0.274. The van der Waals surface area contributed by atoms with Crippen LogP contribution >= 0.6 is 27.5 Å². The summed E-state index contributed by atoms with van der Waals surface area (Å²) in [5, 5.41) is -0.456. The SMILES string of the molecule is Fc1ccc(OC(F)(F)F)c(Cl)c1Br. The van der Waals surface area contributed by atoms with Crippen molar-refractivity contribution in [3.63, 3.8) is 0 Å². The zero-order chi connectivity index (χ0) is 10.9. The van der Waals surface area contributed by atoms with Crippen LogP contribution < -0.4 is 4.74 Å². The maximum atomic E-state index is 12.7. The molecule has 0 amide bonds. The molecule has 1 aromatic carbocycles. The molecular weight excluding hydrogens is 291 g/mol. The van der Waals surface area contributed by atoms with E-state index in [1.165, 1.54) is 0 Å². The fourth-order valence-corrected chi connectivity index (χ4v) is 1.23. The summed E-state index contributed by atoms with van der Waals surface area (Å²) in [7, 11) is 0. The van der Waals surface area contributed by atoms with Crippen molar-refractivity contribution >= 4 is 27.5 Å². The quantitative estimate of drug-likeness (QED) is 0.558. The second kappa shape index (κ2) is 3.94. The van der Waals surface area contributed by atoms with Crippen molar-refractivity contribution in [2.75, 3.05) is 0 Å².